The molecule has 0 saturated heterocycles. The maximum absolute atomic E-state index is 10.9. The predicted molar refractivity (Wildman–Crippen MR) is 74.3 cm³/mol. The summed E-state index contributed by atoms with van der Waals surface area (Å²) in [6, 6.07) is 7.82. The Morgan fingerprint density at radius 1 is 1.35 bits per heavy atom. The van der Waals surface area contributed by atoms with Crippen LogP contribution in [-0.4, -0.2) is 21.0 Å². The van der Waals surface area contributed by atoms with Crippen LogP contribution in [0.25, 0.3) is 0 Å². The average Bonchev–Trinajstić information content (AvgIpc) is 2.38. The first kappa shape index (κ1) is 14.0. The summed E-state index contributed by atoms with van der Waals surface area (Å²) in [4.78, 5) is 18.9. The molecule has 104 valence electrons. The Labute approximate surface area is 117 Å². The first-order valence-electron chi connectivity index (χ1n) is 6.32. The lowest BCUT2D eigenvalue weighted by Crippen LogP contribution is -2.04. The van der Waals surface area contributed by atoms with Crippen molar-refractivity contribution in [2.24, 2.45) is 0 Å². The van der Waals surface area contributed by atoms with E-state index >= 15 is 0 Å². The normalized spacial score (nSPS) is 10.6. The summed E-state index contributed by atoms with van der Waals surface area (Å²) in [6.07, 6.45) is 1.26. The van der Waals surface area contributed by atoms with Gasteiger partial charge in [0.2, 0.25) is 0 Å². The number of benzene rings is 1. The van der Waals surface area contributed by atoms with Gasteiger partial charge in [-0.1, -0.05) is 26.0 Å². The van der Waals surface area contributed by atoms with Crippen molar-refractivity contribution in [3.05, 3.63) is 47.3 Å². The number of nitrogens with zero attached hydrogens (tertiary/aromatic N) is 2. The molecule has 0 aliphatic heterocycles. The maximum Gasteiger partial charge on any atom is 0.339 e. The molecular weight excluding hydrogens is 256 g/mol. The van der Waals surface area contributed by atoms with Crippen LogP contribution in [0.1, 0.15) is 41.4 Å². The van der Waals surface area contributed by atoms with Crippen LogP contribution < -0.4 is 4.74 Å². The van der Waals surface area contributed by atoms with Crippen molar-refractivity contribution < 1.29 is 14.6 Å². The number of hydrogen-bond acceptors (Lipinski definition) is 4. The van der Waals surface area contributed by atoms with Crippen LogP contribution in [0.5, 0.6) is 11.8 Å². The number of aryl methyl sites for hydroxylation is 1. The second-order valence-corrected chi connectivity index (χ2v) is 4.79. The molecule has 1 N–H and O–H groups in total. The minimum atomic E-state index is -1.05. The molecule has 0 saturated carbocycles. The van der Waals surface area contributed by atoms with Gasteiger partial charge in [-0.3, -0.25) is 0 Å². The summed E-state index contributed by atoms with van der Waals surface area (Å²) in [6.45, 7) is 5.81. The van der Waals surface area contributed by atoms with E-state index < -0.39 is 5.97 Å². The first-order valence-corrected chi connectivity index (χ1v) is 6.32. The van der Waals surface area contributed by atoms with Crippen molar-refractivity contribution in [3.63, 3.8) is 0 Å². The molecule has 0 aliphatic rings. The van der Waals surface area contributed by atoms with E-state index in [0.29, 0.717) is 17.4 Å². The van der Waals surface area contributed by atoms with Crippen molar-refractivity contribution in [3.8, 4) is 11.8 Å². The number of carboxylic acids is 1. The van der Waals surface area contributed by atoms with Gasteiger partial charge in [-0.2, -0.15) is 4.98 Å². The highest BCUT2D eigenvalue weighted by Gasteiger charge is 2.11. The SMILES string of the molecule is Cc1nc(Oc2cccc(C(C)C)c2)ncc1C(=O)O. The molecule has 0 atom stereocenters. The van der Waals surface area contributed by atoms with E-state index in [1.54, 1.807) is 6.92 Å². The Morgan fingerprint density at radius 2 is 2.10 bits per heavy atom. The fourth-order valence-electron chi connectivity index (χ4n) is 1.75. The minimum Gasteiger partial charge on any atom is -0.478 e. The van der Waals surface area contributed by atoms with Crippen molar-refractivity contribution in [1.82, 2.24) is 9.97 Å². The molecule has 2 aromatic rings. The molecule has 5 heteroatoms. The van der Waals surface area contributed by atoms with Gasteiger partial charge in [-0.05, 0) is 30.5 Å². The molecule has 2 rings (SSSR count). The van der Waals surface area contributed by atoms with Crippen LogP contribution in [-0.2, 0) is 0 Å². The standard InChI is InChI=1S/C15H16N2O3/c1-9(2)11-5-4-6-12(7-11)20-15-16-8-13(14(18)19)10(3)17-15/h4-9H,1-3H3,(H,18,19). The third-order valence-electron chi connectivity index (χ3n) is 2.92. The Hall–Kier alpha value is -2.43. The highest BCUT2D eigenvalue weighted by atomic mass is 16.5. The molecule has 0 spiro atoms. The van der Waals surface area contributed by atoms with E-state index in [0.717, 1.165) is 5.56 Å². The van der Waals surface area contributed by atoms with E-state index in [4.69, 9.17) is 9.84 Å². The zero-order valence-electron chi connectivity index (χ0n) is 11.6. The summed E-state index contributed by atoms with van der Waals surface area (Å²) < 4.78 is 5.57. The summed E-state index contributed by atoms with van der Waals surface area (Å²) in [5, 5.41) is 8.92. The van der Waals surface area contributed by atoms with Gasteiger partial charge in [0.15, 0.2) is 0 Å². The molecule has 0 radical (unpaired) electrons. The highest BCUT2D eigenvalue weighted by Crippen LogP contribution is 2.23. The Morgan fingerprint density at radius 3 is 2.70 bits per heavy atom. The lowest BCUT2D eigenvalue weighted by molar-refractivity contribution is 0.0695. The average molecular weight is 272 g/mol. The first-order chi connectivity index (χ1) is 9.47. The lowest BCUT2D eigenvalue weighted by Gasteiger charge is -2.09. The Balaban J connectivity index is 2.24. The Kier molecular flexibility index (Phi) is 3.98. The number of rotatable bonds is 4. The van der Waals surface area contributed by atoms with Crippen LogP contribution in [0.2, 0.25) is 0 Å². The molecule has 1 aromatic heterocycles. The maximum atomic E-state index is 10.9. The molecule has 0 bridgehead atoms. The Bertz CT molecular complexity index is 639. The number of aromatic nitrogens is 2. The fourth-order valence-corrected chi connectivity index (χ4v) is 1.75. The van der Waals surface area contributed by atoms with Crippen molar-refractivity contribution in [2.45, 2.75) is 26.7 Å². The zero-order chi connectivity index (χ0) is 14.7. The summed E-state index contributed by atoms with van der Waals surface area (Å²) >= 11 is 0. The van der Waals surface area contributed by atoms with Gasteiger partial charge in [-0.25, -0.2) is 9.78 Å². The monoisotopic (exact) mass is 272 g/mol. The van der Waals surface area contributed by atoms with Gasteiger partial charge in [0.25, 0.3) is 0 Å². The topological polar surface area (TPSA) is 72.3 Å². The summed E-state index contributed by atoms with van der Waals surface area (Å²) in [5.41, 5.74) is 1.61. The highest BCUT2D eigenvalue weighted by molar-refractivity contribution is 5.88. The van der Waals surface area contributed by atoms with Crippen LogP contribution >= 0.6 is 0 Å². The zero-order valence-corrected chi connectivity index (χ0v) is 11.6. The molecular formula is C15H16N2O3. The minimum absolute atomic E-state index is 0.0771. The molecule has 1 aromatic carbocycles. The lowest BCUT2D eigenvalue weighted by atomic mass is 10.0. The summed E-state index contributed by atoms with van der Waals surface area (Å²) in [5.74, 6) is -0.00915. The fraction of sp³-hybridized carbons (Fsp3) is 0.267. The van der Waals surface area contributed by atoms with Gasteiger partial charge in [0.05, 0.1) is 11.3 Å². The molecule has 20 heavy (non-hydrogen) atoms. The van der Waals surface area contributed by atoms with E-state index in [-0.39, 0.29) is 11.6 Å². The van der Waals surface area contributed by atoms with Crippen molar-refractivity contribution in [2.75, 3.05) is 0 Å². The molecule has 0 unspecified atom stereocenters. The van der Waals surface area contributed by atoms with Crippen LogP contribution in [0, 0.1) is 6.92 Å². The number of carboxylic acid groups (broad SMARTS) is 1. The molecule has 5 nitrogen and oxygen atoms in total. The van der Waals surface area contributed by atoms with Crippen molar-refractivity contribution in [1.29, 1.82) is 0 Å². The van der Waals surface area contributed by atoms with Gasteiger partial charge >= 0.3 is 12.0 Å². The smallest absolute Gasteiger partial charge is 0.339 e. The molecule has 0 aliphatic carbocycles. The summed E-state index contributed by atoms with van der Waals surface area (Å²) in [7, 11) is 0. The van der Waals surface area contributed by atoms with Crippen LogP contribution in [0.4, 0.5) is 0 Å². The number of carbonyl (C=O) groups is 1. The van der Waals surface area contributed by atoms with Crippen LogP contribution in [0.3, 0.4) is 0 Å². The molecule has 0 amide bonds. The second-order valence-electron chi connectivity index (χ2n) is 4.79. The van der Waals surface area contributed by atoms with E-state index in [1.165, 1.54) is 6.20 Å². The third kappa shape index (κ3) is 3.12. The molecule has 0 fully saturated rings. The predicted octanol–water partition coefficient (Wildman–Crippen LogP) is 3.40. The number of hydrogen-bond donors (Lipinski definition) is 1. The van der Waals surface area contributed by atoms with Gasteiger partial charge in [0, 0.05) is 6.20 Å². The number of aromatic carboxylic acids is 1. The van der Waals surface area contributed by atoms with Gasteiger partial charge in [0.1, 0.15) is 5.75 Å². The number of ether oxygens (including phenoxy) is 1. The van der Waals surface area contributed by atoms with Crippen molar-refractivity contribution >= 4 is 5.97 Å². The van der Waals surface area contributed by atoms with Crippen LogP contribution in [0.15, 0.2) is 30.5 Å². The largest absolute Gasteiger partial charge is 0.478 e. The van der Waals surface area contributed by atoms with E-state index in [9.17, 15) is 4.79 Å². The van der Waals surface area contributed by atoms with E-state index in [1.807, 2.05) is 24.3 Å². The third-order valence-corrected chi connectivity index (χ3v) is 2.92. The second kappa shape index (κ2) is 5.69. The van der Waals surface area contributed by atoms with Gasteiger partial charge in [-0.15, -0.1) is 0 Å². The quantitative estimate of drug-likeness (QED) is 0.923. The van der Waals surface area contributed by atoms with E-state index in [2.05, 4.69) is 23.8 Å². The van der Waals surface area contributed by atoms with Gasteiger partial charge < -0.3 is 9.84 Å². The molecule has 1 heterocycles.